The van der Waals surface area contributed by atoms with Gasteiger partial charge in [-0.05, 0) is 29.8 Å². The van der Waals surface area contributed by atoms with Gasteiger partial charge in [0.2, 0.25) is 0 Å². The Morgan fingerprint density at radius 2 is 1.70 bits per heavy atom. The third-order valence-electron chi connectivity index (χ3n) is 3.13. The summed E-state index contributed by atoms with van der Waals surface area (Å²) in [5, 5.41) is 0.689. The average molecular weight is 285 g/mol. The Balaban J connectivity index is 2.04. The van der Waals surface area contributed by atoms with Crippen LogP contribution in [0.15, 0.2) is 54.7 Å². The van der Waals surface area contributed by atoms with Gasteiger partial charge in [0.1, 0.15) is 0 Å². The van der Waals surface area contributed by atoms with Crippen molar-refractivity contribution in [1.29, 1.82) is 0 Å². The minimum atomic E-state index is -0.218. The van der Waals surface area contributed by atoms with Gasteiger partial charge >= 0.3 is 0 Å². The minimum Gasteiger partial charge on any atom is -0.271 e. The van der Waals surface area contributed by atoms with Crippen molar-refractivity contribution >= 4 is 22.6 Å². The molecule has 4 nitrogen and oxygen atoms in total. The maximum absolute atomic E-state index is 5.90. The second-order valence-corrected chi connectivity index (χ2v) is 4.87. The van der Waals surface area contributed by atoms with Crippen molar-refractivity contribution in [2.24, 2.45) is 5.84 Å². The molecule has 1 aromatic heterocycles. The van der Waals surface area contributed by atoms with Crippen LogP contribution in [0.4, 0.5) is 0 Å². The average Bonchev–Trinajstić information content (AvgIpc) is 2.50. The monoisotopic (exact) mass is 284 g/mol. The Morgan fingerprint density at radius 3 is 2.40 bits per heavy atom. The molecule has 1 atom stereocenters. The molecule has 1 unspecified atom stereocenters. The quantitative estimate of drug-likeness (QED) is 0.573. The lowest BCUT2D eigenvalue weighted by Gasteiger charge is -2.16. The molecule has 3 rings (SSSR count). The first-order valence-electron chi connectivity index (χ1n) is 6.21. The number of para-hydroxylation sites is 2. The second-order valence-electron chi connectivity index (χ2n) is 4.43. The van der Waals surface area contributed by atoms with Crippen molar-refractivity contribution in [1.82, 2.24) is 15.4 Å². The van der Waals surface area contributed by atoms with E-state index in [4.69, 9.17) is 17.4 Å². The van der Waals surface area contributed by atoms with E-state index in [-0.39, 0.29) is 6.04 Å². The number of hydrazine groups is 1. The molecule has 2 aromatic carbocycles. The van der Waals surface area contributed by atoms with Crippen LogP contribution in [0.3, 0.4) is 0 Å². The van der Waals surface area contributed by atoms with Crippen LogP contribution < -0.4 is 11.3 Å². The van der Waals surface area contributed by atoms with Gasteiger partial charge < -0.3 is 0 Å². The van der Waals surface area contributed by atoms with Crippen molar-refractivity contribution in [2.75, 3.05) is 0 Å². The zero-order valence-electron chi connectivity index (χ0n) is 10.6. The molecular formula is C15H13ClN4. The van der Waals surface area contributed by atoms with Gasteiger partial charge in [-0.3, -0.25) is 10.8 Å². The van der Waals surface area contributed by atoms with E-state index in [9.17, 15) is 0 Å². The number of benzene rings is 2. The summed E-state index contributed by atoms with van der Waals surface area (Å²) in [5.74, 6) is 5.67. The number of nitrogens with two attached hydrogens (primary N) is 1. The van der Waals surface area contributed by atoms with Crippen molar-refractivity contribution in [3.05, 3.63) is 71.0 Å². The van der Waals surface area contributed by atoms with Crippen molar-refractivity contribution in [2.45, 2.75) is 6.04 Å². The molecule has 0 bridgehead atoms. The normalized spacial score (nSPS) is 12.5. The number of nitrogens with zero attached hydrogens (tertiary/aromatic N) is 2. The lowest BCUT2D eigenvalue weighted by molar-refractivity contribution is 0.620. The Bertz CT molecular complexity index is 727. The van der Waals surface area contributed by atoms with Crippen LogP contribution in [-0.2, 0) is 0 Å². The highest BCUT2D eigenvalue weighted by atomic mass is 35.5. The Kier molecular flexibility index (Phi) is 3.60. The molecule has 0 amide bonds. The third-order valence-corrected chi connectivity index (χ3v) is 3.38. The molecule has 0 radical (unpaired) electrons. The summed E-state index contributed by atoms with van der Waals surface area (Å²) in [6.45, 7) is 0. The maximum Gasteiger partial charge on any atom is 0.0897 e. The first-order valence-corrected chi connectivity index (χ1v) is 6.59. The zero-order chi connectivity index (χ0) is 13.9. The smallest absolute Gasteiger partial charge is 0.0897 e. The summed E-state index contributed by atoms with van der Waals surface area (Å²) in [6.07, 6.45) is 1.74. The standard InChI is InChI=1S/C15H13ClN4/c16-11-7-5-10(6-8-11)15(20-17)14-9-18-12-3-1-2-4-13(12)19-14/h1-9,15,20H,17H2. The van der Waals surface area contributed by atoms with Crippen LogP contribution in [-0.4, -0.2) is 9.97 Å². The first-order chi connectivity index (χ1) is 9.78. The maximum atomic E-state index is 5.90. The number of hydrogen-bond donors (Lipinski definition) is 2. The summed E-state index contributed by atoms with van der Waals surface area (Å²) in [4.78, 5) is 9.02. The van der Waals surface area contributed by atoms with E-state index in [1.165, 1.54) is 0 Å². The van der Waals surface area contributed by atoms with Crippen LogP contribution in [0.1, 0.15) is 17.3 Å². The van der Waals surface area contributed by atoms with E-state index in [1.807, 2.05) is 48.5 Å². The zero-order valence-corrected chi connectivity index (χ0v) is 11.4. The fourth-order valence-electron chi connectivity index (χ4n) is 2.12. The van der Waals surface area contributed by atoms with E-state index in [2.05, 4.69) is 15.4 Å². The van der Waals surface area contributed by atoms with Crippen LogP contribution in [0.5, 0.6) is 0 Å². The highest BCUT2D eigenvalue weighted by Crippen LogP contribution is 2.22. The molecule has 0 saturated heterocycles. The Labute approximate surface area is 121 Å². The number of rotatable bonds is 3. The first kappa shape index (κ1) is 13.0. The fraction of sp³-hybridized carbons (Fsp3) is 0.0667. The van der Waals surface area contributed by atoms with Gasteiger partial charge in [0, 0.05) is 5.02 Å². The van der Waals surface area contributed by atoms with Gasteiger partial charge in [-0.2, -0.15) is 0 Å². The molecule has 0 fully saturated rings. The largest absolute Gasteiger partial charge is 0.271 e. The summed E-state index contributed by atoms with van der Waals surface area (Å²) in [6, 6.07) is 15.0. The number of hydrogen-bond acceptors (Lipinski definition) is 4. The van der Waals surface area contributed by atoms with Gasteiger partial charge in [0.05, 0.1) is 29.0 Å². The molecule has 3 N–H and O–H groups in total. The molecule has 20 heavy (non-hydrogen) atoms. The van der Waals surface area contributed by atoms with Gasteiger partial charge in [-0.25, -0.2) is 10.4 Å². The molecule has 0 aliphatic heterocycles. The number of halogens is 1. The highest BCUT2D eigenvalue weighted by molar-refractivity contribution is 6.30. The highest BCUT2D eigenvalue weighted by Gasteiger charge is 2.14. The predicted octanol–water partition coefficient (Wildman–Crippen LogP) is 2.84. The number of fused-ring (bicyclic) bond motifs is 1. The van der Waals surface area contributed by atoms with E-state index >= 15 is 0 Å². The van der Waals surface area contributed by atoms with Crippen molar-refractivity contribution in [3.8, 4) is 0 Å². The molecule has 3 aromatic rings. The van der Waals surface area contributed by atoms with E-state index < -0.39 is 0 Å². The van der Waals surface area contributed by atoms with Crippen molar-refractivity contribution < 1.29 is 0 Å². The predicted molar refractivity (Wildman–Crippen MR) is 80.2 cm³/mol. The second kappa shape index (κ2) is 5.54. The van der Waals surface area contributed by atoms with Gasteiger partial charge in [-0.15, -0.1) is 0 Å². The van der Waals surface area contributed by atoms with Crippen LogP contribution >= 0.6 is 11.6 Å². The summed E-state index contributed by atoms with van der Waals surface area (Å²) in [5.41, 5.74) is 6.24. The molecule has 0 aliphatic carbocycles. The van der Waals surface area contributed by atoms with E-state index in [1.54, 1.807) is 6.20 Å². The molecule has 1 heterocycles. The molecule has 5 heteroatoms. The van der Waals surface area contributed by atoms with E-state index in [0.29, 0.717) is 5.02 Å². The molecule has 100 valence electrons. The van der Waals surface area contributed by atoms with E-state index in [0.717, 1.165) is 22.3 Å². The lowest BCUT2D eigenvalue weighted by Crippen LogP contribution is -2.29. The molecule has 0 saturated carbocycles. The van der Waals surface area contributed by atoms with Crippen LogP contribution in [0, 0.1) is 0 Å². The number of aromatic nitrogens is 2. The Morgan fingerprint density at radius 1 is 1.00 bits per heavy atom. The van der Waals surface area contributed by atoms with Gasteiger partial charge in [-0.1, -0.05) is 35.9 Å². The third kappa shape index (κ3) is 2.49. The fourth-order valence-corrected chi connectivity index (χ4v) is 2.24. The lowest BCUT2D eigenvalue weighted by atomic mass is 10.0. The SMILES string of the molecule is NNC(c1ccc(Cl)cc1)c1cnc2ccccc2n1. The van der Waals surface area contributed by atoms with Crippen LogP contribution in [0.2, 0.25) is 5.02 Å². The minimum absolute atomic E-state index is 0.218. The van der Waals surface area contributed by atoms with Gasteiger partial charge in [0.25, 0.3) is 0 Å². The topological polar surface area (TPSA) is 63.8 Å². The Hall–Kier alpha value is -2.01. The van der Waals surface area contributed by atoms with Crippen molar-refractivity contribution in [3.63, 3.8) is 0 Å². The molecule has 0 aliphatic rings. The molecular weight excluding hydrogens is 272 g/mol. The summed E-state index contributed by atoms with van der Waals surface area (Å²) < 4.78 is 0. The molecule has 0 spiro atoms. The number of nitrogens with one attached hydrogen (secondary N) is 1. The summed E-state index contributed by atoms with van der Waals surface area (Å²) in [7, 11) is 0. The van der Waals surface area contributed by atoms with Crippen LogP contribution in [0.25, 0.3) is 11.0 Å². The summed E-state index contributed by atoms with van der Waals surface area (Å²) >= 11 is 5.90. The van der Waals surface area contributed by atoms with Gasteiger partial charge in [0.15, 0.2) is 0 Å².